The predicted octanol–water partition coefficient (Wildman–Crippen LogP) is 16.2. The highest BCUT2D eigenvalue weighted by Crippen LogP contribution is 2.47. The molecule has 1 aliphatic rings. The molecule has 10 aromatic rings. The van der Waals surface area contributed by atoms with Crippen LogP contribution >= 0.6 is 0 Å². The molecular formula is C60H57N5O. The first kappa shape index (κ1) is 33.2. The Morgan fingerprint density at radius 2 is 1.06 bits per heavy atom. The van der Waals surface area contributed by atoms with Crippen molar-refractivity contribution in [3.05, 3.63) is 186 Å². The zero-order valence-corrected chi connectivity index (χ0v) is 38.9. The maximum atomic E-state index is 9.27. The lowest BCUT2D eigenvalue weighted by atomic mass is 9.80. The molecule has 66 heavy (non-hydrogen) atoms. The SMILES string of the molecule is [2H]c1c([2H])c([2H])c2c(c1[2H])c1c([2H])c([2H])c([2H])c([2H])c1n2-c1cccc2c1c1ccc(Oc3cccc(N4CN(c5cc(C(C)(C)C)cc(C(C)(C)C)c5)c5ccccc54)c3)cc1n2-c1cc(C(C)(C)C)ccn1. The number of fused-ring (bicyclic) bond motifs is 7. The fraction of sp³-hybridized carbons (Fsp3) is 0.217. The number of benzene rings is 7. The third kappa shape index (κ3) is 6.98. The molecule has 6 nitrogen and oxygen atoms in total. The van der Waals surface area contributed by atoms with Gasteiger partial charge in [-0.25, -0.2) is 4.98 Å². The van der Waals surface area contributed by atoms with Crippen LogP contribution in [0.15, 0.2) is 170 Å². The van der Waals surface area contributed by atoms with E-state index in [0.717, 1.165) is 39.2 Å². The number of hydrogen-bond donors (Lipinski definition) is 0. The molecule has 328 valence electrons. The summed E-state index contributed by atoms with van der Waals surface area (Å²) in [6.45, 7) is 20.6. The summed E-state index contributed by atoms with van der Waals surface area (Å²) in [5.41, 5.74) is 9.67. The number of aromatic nitrogens is 3. The third-order valence-corrected chi connectivity index (χ3v) is 12.9. The van der Waals surface area contributed by atoms with Crippen LogP contribution in [0.5, 0.6) is 11.5 Å². The van der Waals surface area contributed by atoms with Crippen molar-refractivity contribution in [3.8, 4) is 23.0 Å². The van der Waals surface area contributed by atoms with E-state index in [-0.39, 0.29) is 62.2 Å². The Morgan fingerprint density at radius 3 is 1.71 bits per heavy atom. The largest absolute Gasteiger partial charge is 0.457 e. The molecule has 0 atom stereocenters. The molecule has 4 heterocycles. The van der Waals surface area contributed by atoms with E-state index in [1.807, 2.05) is 54.6 Å². The van der Waals surface area contributed by atoms with Crippen molar-refractivity contribution < 1.29 is 15.7 Å². The van der Waals surface area contributed by atoms with Crippen molar-refractivity contribution in [2.45, 2.75) is 78.6 Å². The van der Waals surface area contributed by atoms with Gasteiger partial charge in [0.15, 0.2) is 0 Å². The van der Waals surface area contributed by atoms with Gasteiger partial charge in [-0.15, -0.1) is 0 Å². The highest BCUT2D eigenvalue weighted by atomic mass is 16.5. The maximum Gasteiger partial charge on any atom is 0.137 e. The second-order valence-corrected chi connectivity index (χ2v) is 20.5. The first-order valence-corrected chi connectivity index (χ1v) is 22.6. The molecule has 11 rings (SSSR count). The molecular weight excluding hydrogens is 807 g/mol. The zero-order valence-electron chi connectivity index (χ0n) is 46.9. The topological polar surface area (TPSA) is 38.5 Å². The maximum absolute atomic E-state index is 9.27. The van der Waals surface area contributed by atoms with Crippen molar-refractivity contribution in [3.63, 3.8) is 0 Å². The highest BCUT2D eigenvalue weighted by Gasteiger charge is 2.31. The van der Waals surface area contributed by atoms with Gasteiger partial charge in [-0.05, 0) is 118 Å². The number of nitrogens with zero attached hydrogens (tertiary/aromatic N) is 5. The van der Waals surface area contributed by atoms with E-state index in [0.29, 0.717) is 40.6 Å². The molecule has 0 spiro atoms. The number of para-hydroxylation sites is 4. The van der Waals surface area contributed by atoms with Crippen LogP contribution in [-0.4, -0.2) is 20.8 Å². The molecule has 3 aromatic heterocycles. The molecule has 0 fully saturated rings. The summed E-state index contributed by atoms with van der Waals surface area (Å²) >= 11 is 0. The van der Waals surface area contributed by atoms with E-state index < -0.39 is 24.2 Å². The van der Waals surface area contributed by atoms with Crippen molar-refractivity contribution in [2.24, 2.45) is 0 Å². The van der Waals surface area contributed by atoms with E-state index in [9.17, 15) is 2.74 Å². The Kier molecular flexibility index (Phi) is 7.61. The van der Waals surface area contributed by atoms with Gasteiger partial charge in [0.05, 0.1) is 50.1 Å². The molecule has 6 heteroatoms. The molecule has 0 saturated heterocycles. The van der Waals surface area contributed by atoms with Crippen LogP contribution in [0.3, 0.4) is 0 Å². The smallest absolute Gasteiger partial charge is 0.137 e. The van der Waals surface area contributed by atoms with Crippen molar-refractivity contribution in [1.82, 2.24) is 14.1 Å². The average Bonchev–Trinajstić information content (AvgIpc) is 4.07. The van der Waals surface area contributed by atoms with Gasteiger partial charge >= 0.3 is 0 Å². The molecule has 0 unspecified atom stereocenters. The van der Waals surface area contributed by atoms with Gasteiger partial charge < -0.3 is 19.1 Å². The van der Waals surface area contributed by atoms with Crippen LogP contribution in [0.2, 0.25) is 0 Å². The third-order valence-electron chi connectivity index (χ3n) is 12.9. The first-order valence-electron chi connectivity index (χ1n) is 26.6. The average molecular weight is 872 g/mol. The van der Waals surface area contributed by atoms with Crippen LogP contribution in [0.1, 0.15) is 90.0 Å². The van der Waals surface area contributed by atoms with Gasteiger partial charge in [0.25, 0.3) is 0 Å². The Hall–Kier alpha value is -7.31. The zero-order chi connectivity index (χ0) is 52.7. The number of rotatable bonds is 6. The van der Waals surface area contributed by atoms with Gasteiger partial charge in [-0.3, -0.25) is 4.57 Å². The van der Waals surface area contributed by atoms with Gasteiger partial charge in [0, 0.05) is 51.2 Å². The lowest BCUT2D eigenvalue weighted by Crippen LogP contribution is -2.25. The second-order valence-electron chi connectivity index (χ2n) is 20.5. The lowest BCUT2D eigenvalue weighted by molar-refractivity contribution is 0.483. The van der Waals surface area contributed by atoms with Gasteiger partial charge in [0.1, 0.15) is 24.0 Å². The molecule has 0 aliphatic carbocycles. The monoisotopic (exact) mass is 872 g/mol. The van der Waals surface area contributed by atoms with E-state index in [2.05, 4.69) is 137 Å². The standard InChI is InChI=1S/C60H57N5O/c1-58(2,3)39-30-31-61-56(35-39)65-54-27-17-26-53(64-49-22-12-10-20-46(49)47-21-11-13-23-50(47)64)57(54)48-29-28-45(37-55(48)65)66-44-19-16-18-42(36-44)62-38-63(52-25-15-14-24-51(52)62)43-33-40(59(4,5)6)32-41(34-43)60(7,8)9/h10-37H,38H2,1-9H3/i10D,11D,12D,13D,20D,21D,22D,23D. The molecule has 7 aromatic carbocycles. The highest BCUT2D eigenvalue weighted by molar-refractivity contribution is 6.16. The second kappa shape index (κ2) is 15.1. The summed E-state index contributed by atoms with van der Waals surface area (Å²) in [6, 6.07) is 35.8. The summed E-state index contributed by atoms with van der Waals surface area (Å²) in [7, 11) is 0. The Labute approximate surface area is 399 Å². The van der Waals surface area contributed by atoms with Crippen LogP contribution in [0.4, 0.5) is 22.7 Å². The fourth-order valence-electron chi connectivity index (χ4n) is 9.33. The van der Waals surface area contributed by atoms with Gasteiger partial charge in [0.2, 0.25) is 0 Å². The molecule has 0 bridgehead atoms. The fourth-order valence-corrected chi connectivity index (χ4v) is 9.33. The Morgan fingerprint density at radius 1 is 0.470 bits per heavy atom. The molecule has 0 saturated carbocycles. The quantitative estimate of drug-likeness (QED) is 0.167. The minimum absolute atomic E-state index is 0.0192. The number of anilines is 4. The van der Waals surface area contributed by atoms with E-state index in [1.165, 1.54) is 11.1 Å². The van der Waals surface area contributed by atoms with E-state index in [1.54, 1.807) is 10.8 Å². The molecule has 1 aliphatic heterocycles. The predicted molar refractivity (Wildman–Crippen MR) is 278 cm³/mol. The van der Waals surface area contributed by atoms with Crippen molar-refractivity contribution >= 4 is 66.4 Å². The summed E-state index contributed by atoms with van der Waals surface area (Å²) in [4.78, 5) is 9.64. The molecule has 0 radical (unpaired) electrons. The first-order chi connectivity index (χ1) is 34.9. The number of pyridine rings is 1. The van der Waals surface area contributed by atoms with Gasteiger partial charge in [-0.1, -0.05) is 129 Å². The molecule has 0 N–H and O–H groups in total. The summed E-state index contributed by atoms with van der Waals surface area (Å²) in [5, 5.41) is 1.48. The van der Waals surface area contributed by atoms with Crippen molar-refractivity contribution in [2.75, 3.05) is 16.5 Å². The van der Waals surface area contributed by atoms with Crippen LogP contribution in [0.25, 0.3) is 55.1 Å². The van der Waals surface area contributed by atoms with E-state index >= 15 is 0 Å². The minimum Gasteiger partial charge on any atom is -0.457 e. The van der Waals surface area contributed by atoms with E-state index in [4.69, 9.17) is 17.9 Å². The minimum atomic E-state index is -0.490. The van der Waals surface area contributed by atoms with Crippen molar-refractivity contribution in [1.29, 1.82) is 0 Å². The summed E-state index contributed by atoms with van der Waals surface area (Å²) in [5.74, 6) is 1.83. The van der Waals surface area contributed by atoms with Crippen LogP contribution in [-0.2, 0) is 16.2 Å². The Bertz CT molecular complexity index is 3880. The lowest BCUT2D eigenvalue weighted by Gasteiger charge is -2.29. The van der Waals surface area contributed by atoms with Crippen LogP contribution < -0.4 is 14.5 Å². The molecule has 0 amide bonds. The summed E-state index contributed by atoms with van der Waals surface area (Å²) in [6.07, 6.45) is 1.80. The summed E-state index contributed by atoms with van der Waals surface area (Å²) < 4.78 is 82.0. The number of ether oxygens (including phenoxy) is 1. The number of hydrogen-bond acceptors (Lipinski definition) is 4. The normalized spacial score (nSPS) is 15.1. The Balaban J connectivity index is 1.08. The van der Waals surface area contributed by atoms with Crippen LogP contribution in [0, 0.1) is 0 Å². The van der Waals surface area contributed by atoms with Gasteiger partial charge in [-0.2, -0.15) is 0 Å².